The molecule has 1 heterocycles. The topological polar surface area (TPSA) is 49.8 Å². The van der Waals surface area contributed by atoms with Gasteiger partial charge in [-0.3, -0.25) is 9.69 Å². The summed E-state index contributed by atoms with van der Waals surface area (Å²) < 4.78 is 31.9. The van der Waals surface area contributed by atoms with E-state index in [1.54, 1.807) is 0 Å². The van der Waals surface area contributed by atoms with Gasteiger partial charge in [0.1, 0.15) is 12.4 Å². The molecule has 1 fully saturated rings. The van der Waals surface area contributed by atoms with Crippen molar-refractivity contribution < 1.29 is 23.4 Å². The molecule has 0 amide bonds. The van der Waals surface area contributed by atoms with Crippen LogP contribution in [0.15, 0.2) is 36.4 Å². The number of nitrogens with zero attached hydrogens (tertiary/aromatic N) is 1. The normalized spacial score (nSPS) is 19.8. The van der Waals surface area contributed by atoms with Crippen LogP contribution in [0.2, 0.25) is 0 Å². The number of halogens is 2. The van der Waals surface area contributed by atoms with Gasteiger partial charge in [-0.25, -0.2) is 8.78 Å². The minimum atomic E-state index is -0.878. The monoisotopic (exact) mass is 359 g/mol. The lowest BCUT2D eigenvalue weighted by Crippen LogP contribution is -2.51. The second-order valence-electron chi connectivity index (χ2n) is 6.94. The van der Waals surface area contributed by atoms with Crippen LogP contribution in [0, 0.1) is 17.6 Å². The van der Waals surface area contributed by atoms with Gasteiger partial charge in [-0.1, -0.05) is 12.1 Å². The predicted molar refractivity (Wildman–Crippen MR) is 90.9 cm³/mol. The molecular formula is C20H19F2NO3. The average molecular weight is 359 g/mol. The maximum Gasteiger partial charge on any atom is 0.309 e. The Morgan fingerprint density at radius 3 is 2.69 bits per heavy atom. The molecule has 0 saturated carbocycles. The highest BCUT2D eigenvalue weighted by atomic mass is 19.2. The van der Waals surface area contributed by atoms with Gasteiger partial charge in [0.05, 0.1) is 5.92 Å². The van der Waals surface area contributed by atoms with Gasteiger partial charge in [0.25, 0.3) is 0 Å². The molecule has 1 saturated heterocycles. The third kappa shape index (κ3) is 3.17. The van der Waals surface area contributed by atoms with Crippen LogP contribution >= 0.6 is 0 Å². The maximum absolute atomic E-state index is 13.2. The number of ether oxygens (including phenoxy) is 1. The lowest BCUT2D eigenvalue weighted by atomic mass is 9.95. The Bertz CT molecular complexity index is 849. The van der Waals surface area contributed by atoms with Crippen molar-refractivity contribution in [2.24, 2.45) is 5.92 Å². The fraction of sp³-hybridized carbons (Fsp3) is 0.350. The number of hydrogen-bond donors (Lipinski definition) is 1. The van der Waals surface area contributed by atoms with Crippen LogP contribution in [-0.2, 0) is 17.8 Å². The smallest absolute Gasteiger partial charge is 0.309 e. The van der Waals surface area contributed by atoms with E-state index >= 15 is 0 Å². The van der Waals surface area contributed by atoms with Crippen molar-refractivity contribution in [1.29, 1.82) is 0 Å². The van der Waals surface area contributed by atoms with Gasteiger partial charge in [-0.2, -0.15) is 0 Å². The number of hydrogen-bond acceptors (Lipinski definition) is 3. The Balaban J connectivity index is 1.40. The largest absolute Gasteiger partial charge is 0.489 e. The van der Waals surface area contributed by atoms with E-state index in [-0.39, 0.29) is 18.6 Å². The second kappa shape index (κ2) is 6.68. The first-order chi connectivity index (χ1) is 12.5. The molecule has 1 aliphatic heterocycles. The second-order valence-corrected chi connectivity index (χ2v) is 6.94. The highest BCUT2D eigenvalue weighted by molar-refractivity contribution is 5.71. The number of rotatable bonds is 5. The molecule has 0 spiro atoms. The van der Waals surface area contributed by atoms with Gasteiger partial charge in [-0.05, 0) is 53.8 Å². The molecule has 2 aromatic rings. The summed E-state index contributed by atoms with van der Waals surface area (Å²) in [6, 6.07) is 9.92. The first-order valence-corrected chi connectivity index (χ1v) is 8.67. The molecule has 6 heteroatoms. The first-order valence-electron chi connectivity index (χ1n) is 8.67. The SMILES string of the molecule is O=C(O)C1CN(C2CCc3cc(OCc4ccc(F)c(F)c4)ccc32)C1. The summed E-state index contributed by atoms with van der Waals surface area (Å²) >= 11 is 0. The van der Waals surface area contributed by atoms with E-state index in [1.165, 1.54) is 17.2 Å². The van der Waals surface area contributed by atoms with Crippen molar-refractivity contribution in [3.05, 3.63) is 64.7 Å². The Labute approximate surface area is 150 Å². The average Bonchev–Trinajstić information content (AvgIpc) is 2.97. The fourth-order valence-corrected chi connectivity index (χ4v) is 3.76. The van der Waals surface area contributed by atoms with Gasteiger partial charge in [0.15, 0.2) is 11.6 Å². The zero-order valence-corrected chi connectivity index (χ0v) is 14.1. The first kappa shape index (κ1) is 17.0. The van der Waals surface area contributed by atoms with Gasteiger partial charge < -0.3 is 9.84 Å². The van der Waals surface area contributed by atoms with Crippen LogP contribution in [0.4, 0.5) is 8.78 Å². The summed E-state index contributed by atoms with van der Waals surface area (Å²) in [5.74, 6) is -2.02. The summed E-state index contributed by atoms with van der Waals surface area (Å²) in [5.41, 5.74) is 3.01. The number of carboxylic acid groups (broad SMARTS) is 1. The minimum absolute atomic E-state index is 0.172. The third-order valence-electron chi connectivity index (χ3n) is 5.25. The van der Waals surface area contributed by atoms with Crippen molar-refractivity contribution in [2.75, 3.05) is 13.1 Å². The van der Waals surface area contributed by atoms with E-state index in [0.29, 0.717) is 24.4 Å². The van der Waals surface area contributed by atoms with Crippen LogP contribution in [0.5, 0.6) is 5.75 Å². The number of carbonyl (C=O) groups is 1. The summed E-state index contributed by atoms with van der Waals surface area (Å²) in [7, 11) is 0. The van der Waals surface area contributed by atoms with Crippen molar-refractivity contribution in [2.45, 2.75) is 25.5 Å². The van der Waals surface area contributed by atoms with Crippen LogP contribution in [0.25, 0.3) is 0 Å². The number of fused-ring (bicyclic) bond motifs is 1. The molecule has 2 aromatic carbocycles. The fourth-order valence-electron chi connectivity index (χ4n) is 3.76. The number of aryl methyl sites for hydroxylation is 1. The summed E-state index contributed by atoms with van der Waals surface area (Å²) in [6.45, 7) is 1.38. The van der Waals surface area contributed by atoms with Crippen LogP contribution in [0.3, 0.4) is 0 Å². The van der Waals surface area contributed by atoms with Crippen LogP contribution in [0.1, 0.15) is 29.2 Å². The zero-order valence-electron chi connectivity index (χ0n) is 14.1. The molecule has 1 N–H and O–H groups in total. The van der Waals surface area contributed by atoms with Crippen molar-refractivity contribution in [3.63, 3.8) is 0 Å². The van der Waals surface area contributed by atoms with Gasteiger partial charge in [0, 0.05) is 19.1 Å². The van der Waals surface area contributed by atoms with Crippen LogP contribution in [-0.4, -0.2) is 29.1 Å². The molecular weight excluding hydrogens is 340 g/mol. The highest BCUT2D eigenvalue weighted by Gasteiger charge is 2.39. The maximum atomic E-state index is 13.2. The van der Waals surface area contributed by atoms with E-state index in [2.05, 4.69) is 4.90 Å². The molecule has 26 heavy (non-hydrogen) atoms. The van der Waals surface area contributed by atoms with Crippen molar-refractivity contribution in [1.82, 2.24) is 4.90 Å². The minimum Gasteiger partial charge on any atom is -0.489 e. The molecule has 136 valence electrons. The Kier molecular flexibility index (Phi) is 4.36. The molecule has 0 bridgehead atoms. The summed E-state index contributed by atoms with van der Waals surface area (Å²) in [4.78, 5) is 13.2. The van der Waals surface area contributed by atoms with Crippen LogP contribution < -0.4 is 4.74 Å². The quantitative estimate of drug-likeness (QED) is 0.887. The zero-order chi connectivity index (χ0) is 18.3. The number of benzene rings is 2. The number of likely N-dealkylation sites (tertiary alicyclic amines) is 1. The van der Waals surface area contributed by atoms with E-state index in [1.807, 2.05) is 18.2 Å². The molecule has 2 aliphatic rings. The Morgan fingerprint density at radius 1 is 1.15 bits per heavy atom. The van der Waals surface area contributed by atoms with Crippen molar-refractivity contribution >= 4 is 5.97 Å². The molecule has 1 unspecified atom stereocenters. The van der Waals surface area contributed by atoms with Gasteiger partial charge in [0.2, 0.25) is 0 Å². The number of aliphatic carboxylic acids is 1. The lowest BCUT2D eigenvalue weighted by Gasteiger charge is -2.41. The molecule has 0 aromatic heterocycles. The van der Waals surface area contributed by atoms with Gasteiger partial charge in [-0.15, -0.1) is 0 Å². The summed E-state index contributed by atoms with van der Waals surface area (Å²) in [5, 5.41) is 9.02. The van der Waals surface area contributed by atoms with E-state index < -0.39 is 17.6 Å². The molecule has 4 nitrogen and oxygen atoms in total. The molecule has 1 aliphatic carbocycles. The van der Waals surface area contributed by atoms with E-state index in [9.17, 15) is 13.6 Å². The van der Waals surface area contributed by atoms with E-state index in [4.69, 9.17) is 9.84 Å². The third-order valence-corrected chi connectivity index (χ3v) is 5.25. The molecule has 1 atom stereocenters. The Hall–Kier alpha value is -2.47. The molecule has 0 radical (unpaired) electrons. The predicted octanol–water partition coefficient (Wildman–Crippen LogP) is 3.55. The lowest BCUT2D eigenvalue weighted by molar-refractivity contribution is -0.148. The highest BCUT2D eigenvalue weighted by Crippen LogP contribution is 2.40. The summed E-state index contributed by atoms with van der Waals surface area (Å²) in [6.07, 6.45) is 1.91. The van der Waals surface area contributed by atoms with E-state index in [0.717, 1.165) is 25.0 Å². The van der Waals surface area contributed by atoms with Crippen molar-refractivity contribution in [3.8, 4) is 5.75 Å². The molecule has 4 rings (SSSR count). The number of carboxylic acids is 1. The Morgan fingerprint density at radius 2 is 1.96 bits per heavy atom. The van der Waals surface area contributed by atoms with Gasteiger partial charge >= 0.3 is 5.97 Å². The standard InChI is InChI=1S/C20H19F2NO3/c21-17-5-1-12(7-18(17)22)11-26-15-3-4-16-13(8-15)2-6-19(16)23-9-14(10-23)20(24)25/h1,3-5,7-8,14,19H,2,6,9-11H2,(H,24,25).